The van der Waals surface area contributed by atoms with Crippen LogP contribution in [0.2, 0.25) is 0 Å². The van der Waals surface area contributed by atoms with Gasteiger partial charge in [0.05, 0.1) is 11.5 Å². The highest BCUT2D eigenvalue weighted by atomic mass is 79.9. The SMILES string of the molecule is CC(C)(O)C(CN)c1ccc(Br)o1. The second kappa shape index (κ2) is 3.82. The highest BCUT2D eigenvalue weighted by Crippen LogP contribution is 2.29. The van der Waals surface area contributed by atoms with Crippen LogP contribution in [0.5, 0.6) is 0 Å². The molecule has 0 saturated heterocycles. The van der Waals surface area contributed by atoms with Gasteiger partial charge in [0, 0.05) is 6.54 Å². The maximum absolute atomic E-state index is 9.78. The summed E-state index contributed by atoms with van der Waals surface area (Å²) in [6.07, 6.45) is 0. The fourth-order valence-corrected chi connectivity index (χ4v) is 1.59. The summed E-state index contributed by atoms with van der Waals surface area (Å²) in [4.78, 5) is 0. The van der Waals surface area contributed by atoms with Gasteiger partial charge in [-0.05, 0) is 41.9 Å². The van der Waals surface area contributed by atoms with Crippen LogP contribution in [0.15, 0.2) is 21.2 Å². The molecule has 1 rings (SSSR count). The van der Waals surface area contributed by atoms with Gasteiger partial charge in [0.2, 0.25) is 0 Å². The summed E-state index contributed by atoms with van der Waals surface area (Å²) in [5, 5.41) is 9.78. The summed E-state index contributed by atoms with van der Waals surface area (Å²) in [7, 11) is 0. The maximum Gasteiger partial charge on any atom is 0.169 e. The predicted molar refractivity (Wildman–Crippen MR) is 54.5 cm³/mol. The minimum absolute atomic E-state index is 0.168. The Morgan fingerprint density at radius 2 is 2.23 bits per heavy atom. The molecule has 0 aliphatic rings. The summed E-state index contributed by atoms with van der Waals surface area (Å²) in [5.41, 5.74) is 4.71. The molecule has 0 aliphatic heterocycles. The molecule has 74 valence electrons. The van der Waals surface area contributed by atoms with Crippen molar-refractivity contribution in [2.75, 3.05) is 6.54 Å². The van der Waals surface area contributed by atoms with E-state index in [2.05, 4.69) is 15.9 Å². The Labute approximate surface area is 86.1 Å². The van der Waals surface area contributed by atoms with Crippen LogP contribution in [0.25, 0.3) is 0 Å². The Hall–Kier alpha value is -0.320. The van der Waals surface area contributed by atoms with E-state index in [9.17, 15) is 5.11 Å². The summed E-state index contributed by atoms with van der Waals surface area (Å²) < 4.78 is 6.00. The molecule has 0 spiro atoms. The molecule has 3 nitrogen and oxygen atoms in total. The van der Waals surface area contributed by atoms with Crippen molar-refractivity contribution in [1.29, 1.82) is 0 Å². The lowest BCUT2D eigenvalue weighted by molar-refractivity contribution is 0.0449. The molecule has 3 N–H and O–H groups in total. The van der Waals surface area contributed by atoms with Crippen molar-refractivity contribution >= 4 is 15.9 Å². The van der Waals surface area contributed by atoms with Crippen LogP contribution in [0.3, 0.4) is 0 Å². The van der Waals surface area contributed by atoms with E-state index in [4.69, 9.17) is 10.2 Å². The van der Waals surface area contributed by atoms with Gasteiger partial charge in [0.1, 0.15) is 5.76 Å². The number of hydrogen-bond acceptors (Lipinski definition) is 3. The summed E-state index contributed by atoms with van der Waals surface area (Å²) in [6, 6.07) is 3.61. The predicted octanol–water partition coefficient (Wildman–Crippen LogP) is 1.86. The number of aliphatic hydroxyl groups is 1. The van der Waals surface area contributed by atoms with E-state index in [0.717, 1.165) is 0 Å². The first-order valence-corrected chi connectivity index (χ1v) is 4.92. The molecular formula is C9H14BrNO2. The average molecular weight is 248 g/mol. The van der Waals surface area contributed by atoms with Crippen LogP contribution in [-0.2, 0) is 0 Å². The van der Waals surface area contributed by atoms with Crippen LogP contribution in [-0.4, -0.2) is 17.3 Å². The Morgan fingerprint density at radius 1 is 1.62 bits per heavy atom. The lowest BCUT2D eigenvalue weighted by Crippen LogP contribution is -2.33. The number of furan rings is 1. The highest BCUT2D eigenvalue weighted by Gasteiger charge is 2.29. The number of hydrogen-bond donors (Lipinski definition) is 2. The first kappa shape index (κ1) is 10.8. The molecule has 0 fully saturated rings. The lowest BCUT2D eigenvalue weighted by Gasteiger charge is -2.26. The Morgan fingerprint density at radius 3 is 2.54 bits per heavy atom. The van der Waals surface area contributed by atoms with Crippen molar-refractivity contribution in [1.82, 2.24) is 0 Å². The molecule has 13 heavy (non-hydrogen) atoms. The van der Waals surface area contributed by atoms with Gasteiger partial charge in [0.25, 0.3) is 0 Å². The minimum Gasteiger partial charge on any atom is -0.454 e. The van der Waals surface area contributed by atoms with Gasteiger partial charge in [-0.2, -0.15) is 0 Å². The molecule has 1 atom stereocenters. The van der Waals surface area contributed by atoms with Gasteiger partial charge >= 0.3 is 0 Å². The molecule has 1 aromatic heterocycles. The van der Waals surface area contributed by atoms with Crippen molar-refractivity contribution in [3.8, 4) is 0 Å². The normalized spacial score (nSPS) is 14.5. The van der Waals surface area contributed by atoms with Gasteiger partial charge in [-0.3, -0.25) is 0 Å². The van der Waals surface area contributed by atoms with Gasteiger partial charge in [-0.15, -0.1) is 0 Å². The third-order valence-electron chi connectivity index (χ3n) is 2.03. The standard InChI is InChI=1S/C9H14BrNO2/c1-9(2,12)6(5-11)7-3-4-8(10)13-7/h3-4,6,12H,5,11H2,1-2H3. The average Bonchev–Trinajstić information content (AvgIpc) is 2.34. The van der Waals surface area contributed by atoms with Crippen LogP contribution < -0.4 is 5.73 Å². The van der Waals surface area contributed by atoms with Crippen molar-refractivity contribution in [3.63, 3.8) is 0 Å². The molecule has 1 heterocycles. The van der Waals surface area contributed by atoms with E-state index in [1.165, 1.54) is 0 Å². The molecule has 0 saturated carbocycles. The summed E-state index contributed by atoms with van der Waals surface area (Å²) in [6.45, 7) is 3.81. The van der Waals surface area contributed by atoms with Crippen molar-refractivity contribution < 1.29 is 9.52 Å². The zero-order valence-electron chi connectivity index (χ0n) is 7.75. The zero-order chi connectivity index (χ0) is 10.1. The van der Waals surface area contributed by atoms with E-state index < -0.39 is 5.60 Å². The monoisotopic (exact) mass is 247 g/mol. The van der Waals surface area contributed by atoms with Crippen LogP contribution >= 0.6 is 15.9 Å². The van der Waals surface area contributed by atoms with E-state index in [1.807, 2.05) is 6.07 Å². The van der Waals surface area contributed by atoms with Gasteiger partial charge < -0.3 is 15.3 Å². The third-order valence-corrected chi connectivity index (χ3v) is 2.45. The topological polar surface area (TPSA) is 59.4 Å². The lowest BCUT2D eigenvalue weighted by atomic mass is 9.89. The molecule has 0 aromatic carbocycles. The summed E-state index contributed by atoms with van der Waals surface area (Å²) in [5.74, 6) is 0.542. The van der Waals surface area contributed by atoms with Gasteiger partial charge in [-0.25, -0.2) is 0 Å². The smallest absolute Gasteiger partial charge is 0.169 e. The quantitative estimate of drug-likeness (QED) is 0.858. The molecule has 0 aliphatic carbocycles. The molecule has 0 radical (unpaired) electrons. The fourth-order valence-electron chi connectivity index (χ4n) is 1.27. The molecule has 1 aromatic rings. The molecule has 4 heteroatoms. The van der Waals surface area contributed by atoms with Crippen molar-refractivity contribution in [2.24, 2.45) is 5.73 Å². The van der Waals surface area contributed by atoms with Crippen LogP contribution in [0.1, 0.15) is 25.5 Å². The van der Waals surface area contributed by atoms with Gasteiger partial charge in [0.15, 0.2) is 4.67 Å². The van der Waals surface area contributed by atoms with E-state index >= 15 is 0 Å². The molecule has 0 bridgehead atoms. The first-order valence-electron chi connectivity index (χ1n) is 4.13. The zero-order valence-corrected chi connectivity index (χ0v) is 9.34. The number of halogens is 1. The third kappa shape index (κ3) is 2.56. The number of nitrogens with two attached hydrogens (primary N) is 1. The van der Waals surface area contributed by atoms with E-state index in [-0.39, 0.29) is 5.92 Å². The molecular weight excluding hydrogens is 234 g/mol. The van der Waals surface area contributed by atoms with Gasteiger partial charge in [-0.1, -0.05) is 0 Å². The highest BCUT2D eigenvalue weighted by molar-refractivity contribution is 9.10. The Balaban J connectivity index is 2.91. The van der Waals surface area contributed by atoms with E-state index in [0.29, 0.717) is 17.0 Å². The molecule has 1 unspecified atom stereocenters. The maximum atomic E-state index is 9.78. The minimum atomic E-state index is -0.855. The van der Waals surface area contributed by atoms with E-state index in [1.54, 1.807) is 19.9 Å². The Kier molecular flexibility index (Phi) is 3.16. The van der Waals surface area contributed by atoms with Crippen LogP contribution in [0.4, 0.5) is 0 Å². The first-order chi connectivity index (χ1) is 5.95. The summed E-state index contributed by atoms with van der Waals surface area (Å²) >= 11 is 3.21. The molecule has 0 amide bonds. The largest absolute Gasteiger partial charge is 0.454 e. The number of rotatable bonds is 3. The second-order valence-corrected chi connectivity index (χ2v) is 4.37. The van der Waals surface area contributed by atoms with Crippen LogP contribution in [0, 0.1) is 0 Å². The Bertz CT molecular complexity index is 277. The van der Waals surface area contributed by atoms with Crippen molar-refractivity contribution in [2.45, 2.75) is 25.4 Å². The fraction of sp³-hybridized carbons (Fsp3) is 0.556. The second-order valence-electron chi connectivity index (χ2n) is 3.58. The van der Waals surface area contributed by atoms with Crippen molar-refractivity contribution in [3.05, 3.63) is 22.6 Å².